The van der Waals surface area contributed by atoms with Crippen LogP contribution in [0.4, 0.5) is 5.00 Å². The Bertz CT molecular complexity index is 1460. The Kier molecular flexibility index (Phi) is 8.53. The number of carbonyl (C=O) groups excluding carboxylic acids is 2. The Hall–Kier alpha value is -3.63. The lowest BCUT2D eigenvalue weighted by molar-refractivity contribution is -0.113. The first-order valence-corrected chi connectivity index (χ1v) is 13.8. The normalized spacial score (nSPS) is 11.7. The van der Waals surface area contributed by atoms with Gasteiger partial charge in [0, 0.05) is 17.5 Å². The minimum atomic E-state index is -0.494. The van der Waals surface area contributed by atoms with Crippen molar-refractivity contribution < 1.29 is 19.1 Å². The number of rotatable bonds is 9. The van der Waals surface area contributed by atoms with Gasteiger partial charge in [0.05, 0.1) is 12.9 Å². The van der Waals surface area contributed by atoms with Crippen LogP contribution in [0.2, 0.25) is 0 Å². The molecule has 4 rings (SSSR count). The lowest BCUT2D eigenvalue weighted by atomic mass is 10.0. The van der Waals surface area contributed by atoms with Gasteiger partial charge in [-0.05, 0) is 50.5 Å². The van der Waals surface area contributed by atoms with Crippen molar-refractivity contribution in [2.75, 3.05) is 18.2 Å². The van der Waals surface area contributed by atoms with Gasteiger partial charge in [0.2, 0.25) is 5.91 Å². The number of carbonyl (C=O) groups is 2. The average molecular weight is 551 g/mol. The van der Waals surface area contributed by atoms with Gasteiger partial charge in [-0.2, -0.15) is 0 Å². The van der Waals surface area contributed by atoms with E-state index < -0.39 is 5.97 Å². The van der Waals surface area contributed by atoms with Gasteiger partial charge in [-0.1, -0.05) is 54.2 Å². The summed E-state index contributed by atoms with van der Waals surface area (Å²) in [4.78, 5) is 26.5. The number of ether oxygens (including phenoxy) is 2. The molecule has 0 aliphatic rings. The van der Waals surface area contributed by atoms with Gasteiger partial charge in [-0.15, -0.1) is 21.5 Å². The second-order valence-electron chi connectivity index (χ2n) is 8.79. The maximum Gasteiger partial charge on any atom is 0.341 e. The molecule has 0 fully saturated rings. The molecule has 2 aromatic heterocycles. The van der Waals surface area contributed by atoms with E-state index in [-0.39, 0.29) is 17.8 Å². The number of amides is 1. The summed E-state index contributed by atoms with van der Waals surface area (Å²) in [6.07, 6.45) is -0.329. The van der Waals surface area contributed by atoms with Crippen LogP contribution < -0.4 is 10.1 Å². The van der Waals surface area contributed by atoms with E-state index in [9.17, 15) is 9.59 Å². The van der Waals surface area contributed by atoms with Crippen LogP contribution in [0, 0.1) is 20.8 Å². The molecular weight excluding hydrogens is 520 g/mol. The minimum Gasteiger partial charge on any atom is -0.482 e. The van der Waals surface area contributed by atoms with Crippen molar-refractivity contribution in [2.45, 2.75) is 39.0 Å². The summed E-state index contributed by atoms with van der Waals surface area (Å²) in [5.41, 5.74) is 4.25. The zero-order chi connectivity index (χ0) is 27.4. The highest BCUT2D eigenvalue weighted by Crippen LogP contribution is 2.40. The molecule has 1 N–H and O–H groups in total. The Morgan fingerprint density at radius 3 is 2.53 bits per heavy atom. The largest absolute Gasteiger partial charge is 0.482 e. The molecule has 0 saturated heterocycles. The van der Waals surface area contributed by atoms with Crippen molar-refractivity contribution >= 4 is 40.0 Å². The van der Waals surface area contributed by atoms with Gasteiger partial charge >= 0.3 is 5.97 Å². The van der Waals surface area contributed by atoms with Gasteiger partial charge in [0.1, 0.15) is 16.3 Å². The van der Waals surface area contributed by atoms with Crippen molar-refractivity contribution in [1.29, 1.82) is 0 Å². The maximum absolute atomic E-state index is 12.9. The molecule has 4 aromatic rings. The minimum absolute atomic E-state index is 0.0937. The highest BCUT2D eigenvalue weighted by atomic mass is 32.2. The van der Waals surface area contributed by atoms with Crippen molar-refractivity contribution in [3.05, 3.63) is 75.9 Å². The number of anilines is 1. The van der Waals surface area contributed by atoms with Crippen molar-refractivity contribution in [2.24, 2.45) is 7.05 Å². The summed E-state index contributed by atoms with van der Waals surface area (Å²) < 4.78 is 13.0. The summed E-state index contributed by atoms with van der Waals surface area (Å²) in [7, 11) is 3.19. The number of nitrogens with one attached hydrogen (secondary N) is 1. The summed E-state index contributed by atoms with van der Waals surface area (Å²) in [5, 5.41) is 12.5. The second-order valence-corrected chi connectivity index (χ2v) is 11.0. The molecule has 38 heavy (non-hydrogen) atoms. The molecule has 1 atom stereocenters. The number of benzene rings is 2. The fourth-order valence-corrected chi connectivity index (χ4v) is 5.87. The molecule has 0 saturated carbocycles. The third-order valence-corrected chi connectivity index (χ3v) is 8.25. The molecule has 10 heteroatoms. The Labute approximate surface area is 230 Å². The monoisotopic (exact) mass is 550 g/mol. The van der Waals surface area contributed by atoms with E-state index in [1.165, 1.54) is 30.2 Å². The molecule has 198 valence electrons. The molecule has 2 aromatic carbocycles. The maximum atomic E-state index is 12.9. The van der Waals surface area contributed by atoms with Gasteiger partial charge in [-0.3, -0.25) is 4.79 Å². The summed E-state index contributed by atoms with van der Waals surface area (Å²) >= 11 is 2.61. The van der Waals surface area contributed by atoms with Gasteiger partial charge < -0.3 is 19.4 Å². The Morgan fingerprint density at radius 1 is 1.08 bits per heavy atom. The molecule has 0 aliphatic heterocycles. The van der Waals surface area contributed by atoms with Crippen LogP contribution in [0.1, 0.15) is 45.2 Å². The van der Waals surface area contributed by atoms with E-state index in [4.69, 9.17) is 9.47 Å². The fourth-order valence-electron chi connectivity index (χ4n) is 4.08. The zero-order valence-electron chi connectivity index (χ0n) is 22.2. The SMILES string of the molecule is COC(=O)c1c(NC(=O)CSc2nnc(C(C)Oc3cccc(C)c3C)n2C)sc(C)c1-c1ccccc1. The topological polar surface area (TPSA) is 95.3 Å². The van der Waals surface area contributed by atoms with Crippen molar-refractivity contribution in [1.82, 2.24) is 14.8 Å². The molecule has 0 bridgehead atoms. The number of hydrogen-bond donors (Lipinski definition) is 1. The predicted molar refractivity (Wildman–Crippen MR) is 151 cm³/mol. The van der Waals surface area contributed by atoms with E-state index in [2.05, 4.69) is 15.5 Å². The number of hydrogen-bond acceptors (Lipinski definition) is 8. The molecule has 1 unspecified atom stereocenters. The van der Waals surface area contributed by atoms with E-state index in [0.29, 0.717) is 21.5 Å². The first kappa shape index (κ1) is 27.4. The summed E-state index contributed by atoms with van der Waals surface area (Å²) in [6, 6.07) is 15.5. The second kappa shape index (κ2) is 11.8. The van der Waals surface area contributed by atoms with Crippen molar-refractivity contribution in [3.63, 3.8) is 0 Å². The number of esters is 1. The molecule has 1 amide bonds. The fraction of sp³-hybridized carbons (Fsp3) is 0.286. The van der Waals surface area contributed by atoms with Crippen molar-refractivity contribution in [3.8, 4) is 16.9 Å². The highest BCUT2D eigenvalue weighted by molar-refractivity contribution is 7.99. The van der Waals surface area contributed by atoms with E-state index in [0.717, 1.165) is 32.9 Å². The molecule has 0 radical (unpaired) electrons. The molecule has 2 heterocycles. The highest BCUT2D eigenvalue weighted by Gasteiger charge is 2.25. The quantitative estimate of drug-likeness (QED) is 0.198. The van der Waals surface area contributed by atoms with Crippen LogP contribution in [0.3, 0.4) is 0 Å². The first-order chi connectivity index (χ1) is 18.2. The summed E-state index contributed by atoms with van der Waals surface area (Å²) in [6.45, 7) is 7.91. The number of aromatic nitrogens is 3. The van der Waals surface area contributed by atoms with Crippen LogP contribution in [0.5, 0.6) is 5.75 Å². The van der Waals surface area contributed by atoms with Crippen LogP contribution in [0.25, 0.3) is 11.1 Å². The molecule has 0 spiro atoms. The summed E-state index contributed by atoms with van der Waals surface area (Å²) in [5.74, 6) is 0.799. The molecular formula is C28H30N4O4S2. The standard InChI is InChI=1S/C28H30N4O4S2/c1-16-11-10-14-21(17(16)2)36-18(3)25-30-31-28(32(25)5)37-15-22(33)29-26-24(27(34)35-6)23(19(4)38-26)20-12-8-7-9-13-20/h7-14,18H,15H2,1-6H3,(H,29,33). The van der Waals surface area contributed by atoms with Crippen LogP contribution in [-0.2, 0) is 16.6 Å². The smallest absolute Gasteiger partial charge is 0.341 e. The number of thiophene rings is 1. The predicted octanol–water partition coefficient (Wildman–Crippen LogP) is 6.13. The number of aryl methyl sites for hydroxylation is 2. The van der Waals surface area contributed by atoms with Gasteiger partial charge in [0.15, 0.2) is 17.1 Å². The molecule has 8 nitrogen and oxygen atoms in total. The number of methoxy groups -OCH3 is 1. The van der Waals surface area contributed by atoms with Crippen LogP contribution in [0.15, 0.2) is 53.7 Å². The van der Waals surface area contributed by atoms with Gasteiger partial charge in [-0.25, -0.2) is 4.79 Å². The lowest BCUT2D eigenvalue weighted by Crippen LogP contribution is -2.16. The van der Waals surface area contributed by atoms with E-state index >= 15 is 0 Å². The average Bonchev–Trinajstić information content (AvgIpc) is 3.44. The Morgan fingerprint density at radius 2 is 1.82 bits per heavy atom. The molecule has 0 aliphatic carbocycles. The van der Waals surface area contributed by atoms with E-state index in [1.807, 2.05) is 87.8 Å². The lowest BCUT2D eigenvalue weighted by Gasteiger charge is -2.16. The zero-order valence-corrected chi connectivity index (χ0v) is 23.8. The first-order valence-electron chi connectivity index (χ1n) is 12.0. The van der Waals surface area contributed by atoms with E-state index in [1.54, 1.807) is 0 Å². The number of nitrogens with zero attached hydrogens (tertiary/aromatic N) is 3. The third kappa shape index (κ3) is 5.76. The van der Waals surface area contributed by atoms with Crippen LogP contribution >= 0.6 is 23.1 Å². The van der Waals surface area contributed by atoms with Crippen LogP contribution in [-0.4, -0.2) is 39.5 Å². The third-order valence-electron chi connectivity index (χ3n) is 6.21. The Balaban J connectivity index is 1.46. The van der Waals surface area contributed by atoms with Gasteiger partial charge in [0.25, 0.3) is 0 Å². The number of thioether (sulfide) groups is 1.